The molecule has 0 aromatic carbocycles. The van der Waals surface area contributed by atoms with Gasteiger partial charge in [0.1, 0.15) is 0 Å². The molecule has 0 saturated heterocycles. The molecule has 0 aliphatic heterocycles. The van der Waals surface area contributed by atoms with Crippen molar-refractivity contribution in [2.75, 3.05) is 26.3 Å². The minimum Gasteiger partial charge on any atom is -0.395 e. The zero-order valence-corrected chi connectivity index (χ0v) is 8.33. The summed E-state index contributed by atoms with van der Waals surface area (Å²) in [6.45, 7) is 2.35. The van der Waals surface area contributed by atoms with Gasteiger partial charge in [0.15, 0.2) is 0 Å². The highest BCUT2D eigenvalue weighted by Crippen LogP contribution is 2.11. The van der Waals surface area contributed by atoms with Crippen molar-refractivity contribution in [3.8, 4) is 0 Å². The van der Waals surface area contributed by atoms with E-state index in [9.17, 15) is 0 Å². The summed E-state index contributed by atoms with van der Waals surface area (Å²) in [6.07, 6.45) is 0. The van der Waals surface area contributed by atoms with Crippen LogP contribution in [0.15, 0.2) is 17.5 Å². The first-order valence-corrected chi connectivity index (χ1v) is 5.21. The zero-order chi connectivity index (χ0) is 9.52. The third kappa shape index (κ3) is 3.87. The lowest BCUT2D eigenvalue weighted by molar-refractivity contribution is 0.157. The number of thiophene rings is 1. The van der Waals surface area contributed by atoms with E-state index in [0.29, 0.717) is 13.1 Å². The number of aliphatic hydroxyl groups excluding tert-OH is 2. The zero-order valence-electron chi connectivity index (χ0n) is 7.52. The number of hydrogen-bond acceptors (Lipinski definition) is 4. The molecule has 3 nitrogen and oxygen atoms in total. The van der Waals surface area contributed by atoms with E-state index in [1.807, 2.05) is 16.3 Å². The third-order valence-corrected chi connectivity index (χ3v) is 2.65. The Balaban J connectivity index is 2.37. The van der Waals surface area contributed by atoms with Crippen molar-refractivity contribution in [3.05, 3.63) is 22.4 Å². The van der Waals surface area contributed by atoms with E-state index in [0.717, 1.165) is 6.54 Å². The predicted octanol–water partition coefficient (Wildman–Crippen LogP) is 0.535. The fourth-order valence-corrected chi connectivity index (χ4v) is 1.92. The molecular formula is C9H15NO2S. The Kier molecular flexibility index (Phi) is 5.00. The first-order valence-electron chi connectivity index (χ1n) is 4.33. The van der Waals surface area contributed by atoms with Crippen molar-refractivity contribution in [2.24, 2.45) is 0 Å². The van der Waals surface area contributed by atoms with Crippen molar-refractivity contribution >= 4 is 11.3 Å². The summed E-state index contributed by atoms with van der Waals surface area (Å²) < 4.78 is 0. The van der Waals surface area contributed by atoms with Crippen LogP contribution >= 0.6 is 11.3 Å². The molecule has 1 rings (SSSR count). The Hall–Kier alpha value is -0.420. The first-order chi connectivity index (χ1) is 6.36. The Labute approximate surface area is 82.2 Å². The number of aliphatic hydroxyl groups is 2. The molecule has 0 radical (unpaired) electrons. The van der Waals surface area contributed by atoms with Crippen molar-refractivity contribution < 1.29 is 10.2 Å². The second-order valence-electron chi connectivity index (χ2n) is 2.80. The van der Waals surface area contributed by atoms with Crippen LogP contribution in [-0.2, 0) is 6.54 Å². The third-order valence-electron chi connectivity index (χ3n) is 1.79. The van der Waals surface area contributed by atoms with Gasteiger partial charge in [-0.15, -0.1) is 11.3 Å². The van der Waals surface area contributed by atoms with Gasteiger partial charge in [0.05, 0.1) is 13.2 Å². The molecule has 74 valence electrons. The molecule has 0 spiro atoms. The van der Waals surface area contributed by atoms with Crippen LogP contribution in [-0.4, -0.2) is 41.4 Å². The van der Waals surface area contributed by atoms with Crippen LogP contribution in [0.4, 0.5) is 0 Å². The number of nitrogens with zero attached hydrogens (tertiary/aromatic N) is 1. The smallest absolute Gasteiger partial charge is 0.0558 e. The summed E-state index contributed by atoms with van der Waals surface area (Å²) in [5, 5.41) is 19.6. The van der Waals surface area contributed by atoms with Crippen molar-refractivity contribution in [2.45, 2.75) is 6.54 Å². The Morgan fingerprint density at radius 1 is 1.23 bits per heavy atom. The van der Waals surface area contributed by atoms with Crippen LogP contribution in [0.1, 0.15) is 4.88 Å². The molecule has 1 aromatic rings. The van der Waals surface area contributed by atoms with Gasteiger partial charge in [-0.25, -0.2) is 0 Å². The van der Waals surface area contributed by atoms with Gasteiger partial charge in [0, 0.05) is 24.5 Å². The summed E-state index contributed by atoms with van der Waals surface area (Å²) in [4.78, 5) is 3.30. The molecule has 0 saturated carbocycles. The fraction of sp³-hybridized carbons (Fsp3) is 0.556. The van der Waals surface area contributed by atoms with E-state index in [1.54, 1.807) is 11.3 Å². The summed E-state index contributed by atoms with van der Waals surface area (Å²) in [5.74, 6) is 0. The highest BCUT2D eigenvalue weighted by atomic mass is 32.1. The molecule has 0 amide bonds. The van der Waals surface area contributed by atoms with Crippen molar-refractivity contribution in [3.63, 3.8) is 0 Å². The normalized spacial score (nSPS) is 11.0. The second kappa shape index (κ2) is 6.10. The topological polar surface area (TPSA) is 43.7 Å². The van der Waals surface area contributed by atoms with Crippen LogP contribution in [0, 0.1) is 0 Å². The quantitative estimate of drug-likeness (QED) is 0.706. The minimum absolute atomic E-state index is 0.144. The Morgan fingerprint density at radius 3 is 2.38 bits per heavy atom. The molecule has 1 aromatic heterocycles. The molecular weight excluding hydrogens is 186 g/mol. The van der Waals surface area contributed by atoms with E-state index in [2.05, 4.69) is 6.07 Å². The van der Waals surface area contributed by atoms with Gasteiger partial charge >= 0.3 is 0 Å². The van der Waals surface area contributed by atoms with Gasteiger partial charge in [-0.2, -0.15) is 0 Å². The summed E-state index contributed by atoms with van der Waals surface area (Å²) in [7, 11) is 0. The summed E-state index contributed by atoms with van der Waals surface area (Å²) >= 11 is 1.70. The average molecular weight is 201 g/mol. The Bertz CT molecular complexity index is 207. The fourth-order valence-electron chi connectivity index (χ4n) is 1.18. The first kappa shape index (κ1) is 10.7. The van der Waals surface area contributed by atoms with Crippen LogP contribution in [0.5, 0.6) is 0 Å². The molecule has 0 fully saturated rings. The van der Waals surface area contributed by atoms with Gasteiger partial charge in [-0.3, -0.25) is 4.90 Å². The van der Waals surface area contributed by atoms with E-state index in [4.69, 9.17) is 10.2 Å². The van der Waals surface area contributed by atoms with Crippen LogP contribution in [0.25, 0.3) is 0 Å². The van der Waals surface area contributed by atoms with E-state index >= 15 is 0 Å². The van der Waals surface area contributed by atoms with Crippen molar-refractivity contribution in [1.29, 1.82) is 0 Å². The molecule has 0 aliphatic rings. The largest absolute Gasteiger partial charge is 0.395 e. The minimum atomic E-state index is 0.144. The Morgan fingerprint density at radius 2 is 1.92 bits per heavy atom. The van der Waals surface area contributed by atoms with Gasteiger partial charge in [-0.1, -0.05) is 6.07 Å². The number of rotatable bonds is 6. The van der Waals surface area contributed by atoms with E-state index in [-0.39, 0.29) is 13.2 Å². The van der Waals surface area contributed by atoms with E-state index < -0.39 is 0 Å². The molecule has 0 atom stereocenters. The van der Waals surface area contributed by atoms with Gasteiger partial charge in [-0.05, 0) is 11.4 Å². The molecule has 0 aliphatic carbocycles. The molecule has 0 bridgehead atoms. The molecule has 4 heteroatoms. The van der Waals surface area contributed by atoms with Crippen LogP contribution < -0.4 is 0 Å². The molecule has 1 heterocycles. The monoisotopic (exact) mass is 201 g/mol. The van der Waals surface area contributed by atoms with Crippen molar-refractivity contribution in [1.82, 2.24) is 4.90 Å². The van der Waals surface area contributed by atoms with E-state index in [1.165, 1.54) is 4.88 Å². The average Bonchev–Trinajstić information content (AvgIpc) is 2.58. The van der Waals surface area contributed by atoms with Gasteiger partial charge in [0.2, 0.25) is 0 Å². The SMILES string of the molecule is OCCN(CCO)Cc1cccs1. The molecule has 2 N–H and O–H groups in total. The summed E-state index contributed by atoms with van der Waals surface area (Å²) in [6, 6.07) is 4.07. The summed E-state index contributed by atoms with van der Waals surface area (Å²) in [5.41, 5.74) is 0. The maximum absolute atomic E-state index is 8.77. The lowest BCUT2D eigenvalue weighted by Gasteiger charge is -2.18. The van der Waals surface area contributed by atoms with Gasteiger partial charge in [0.25, 0.3) is 0 Å². The van der Waals surface area contributed by atoms with Crippen LogP contribution in [0.3, 0.4) is 0 Å². The lowest BCUT2D eigenvalue weighted by Crippen LogP contribution is -2.28. The van der Waals surface area contributed by atoms with Crippen LogP contribution in [0.2, 0.25) is 0 Å². The lowest BCUT2D eigenvalue weighted by atomic mass is 10.4. The molecule has 13 heavy (non-hydrogen) atoms. The highest BCUT2D eigenvalue weighted by Gasteiger charge is 2.04. The number of hydrogen-bond donors (Lipinski definition) is 2. The van der Waals surface area contributed by atoms with Gasteiger partial charge < -0.3 is 10.2 Å². The molecule has 0 unspecified atom stereocenters. The highest BCUT2D eigenvalue weighted by molar-refractivity contribution is 7.09. The standard InChI is InChI=1S/C9H15NO2S/c11-5-3-10(4-6-12)8-9-2-1-7-13-9/h1-2,7,11-12H,3-6,8H2. The second-order valence-corrected chi connectivity index (χ2v) is 3.83. The predicted molar refractivity (Wildman–Crippen MR) is 53.8 cm³/mol. The maximum atomic E-state index is 8.77. The maximum Gasteiger partial charge on any atom is 0.0558 e.